The molecule has 2 rings (SSSR count). The first-order valence-corrected chi connectivity index (χ1v) is 6.02. The number of hydrogen-bond acceptors (Lipinski definition) is 4. The molecule has 1 aromatic heterocycles. The van der Waals surface area contributed by atoms with Gasteiger partial charge in [-0.25, -0.2) is 5.43 Å². The third kappa shape index (κ3) is 3.27. The maximum absolute atomic E-state index is 11.8. The summed E-state index contributed by atoms with van der Waals surface area (Å²) in [5, 5.41) is 7.09. The van der Waals surface area contributed by atoms with Crippen molar-refractivity contribution in [1.29, 1.82) is 0 Å². The second kappa shape index (κ2) is 6.11. The predicted molar refractivity (Wildman–Crippen MR) is 68.7 cm³/mol. The van der Waals surface area contributed by atoms with Crippen LogP contribution in [0.1, 0.15) is 18.5 Å². The fraction of sp³-hybridized carbons (Fsp3) is 0.417. The van der Waals surface area contributed by atoms with Gasteiger partial charge < -0.3 is 11.1 Å². The van der Waals surface area contributed by atoms with E-state index in [4.69, 9.17) is 5.73 Å². The lowest BCUT2D eigenvalue weighted by atomic mass is 9.98. The summed E-state index contributed by atoms with van der Waals surface area (Å²) >= 11 is 0. The van der Waals surface area contributed by atoms with Crippen LogP contribution in [0.5, 0.6) is 0 Å². The summed E-state index contributed by atoms with van der Waals surface area (Å²) in [4.78, 5) is 15.9. The topological polar surface area (TPSA) is 92.4 Å². The van der Waals surface area contributed by atoms with E-state index in [0.29, 0.717) is 5.69 Å². The summed E-state index contributed by atoms with van der Waals surface area (Å²) in [6.07, 6.45) is 3.31. The summed E-state index contributed by atoms with van der Waals surface area (Å²) in [7, 11) is 0. The number of hydrogen-bond donors (Lipinski definition) is 3. The molecule has 18 heavy (non-hydrogen) atoms. The molecule has 1 aromatic rings. The molecule has 0 aromatic carbocycles. The highest BCUT2D eigenvalue weighted by Gasteiger charge is 2.20. The van der Waals surface area contributed by atoms with E-state index < -0.39 is 0 Å². The predicted octanol–water partition coefficient (Wildman–Crippen LogP) is -0.182. The molecule has 0 spiro atoms. The highest BCUT2D eigenvalue weighted by Crippen LogP contribution is 2.11. The number of piperidine rings is 1. The van der Waals surface area contributed by atoms with Crippen molar-refractivity contribution in [2.75, 3.05) is 13.1 Å². The third-order valence-electron chi connectivity index (χ3n) is 2.92. The van der Waals surface area contributed by atoms with Crippen LogP contribution in [0, 0.1) is 5.92 Å². The van der Waals surface area contributed by atoms with E-state index in [1.165, 1.54) is 0 Å². The van der Waals surface area contributed by atoms with Gasteiger partial charge in [0.25, 0.3) is 0 Å². The molecule has 0 radical (unpaired) electrons. The van der Waals surface area contributed by atoms with Crippen LogP contribution < -0.4 is 16.5 Å². The van der Waals surface area contributed by atoms with E-state index in [-0.39, 0.29) is 17.7 Å². The largest absolute Gasteiger partial charge is 0.380 e. The number of nitrogens with zero attached hydrogens (tertiary/aromatic N) is 2. The molecular formula is C12H17N5O. The average molecular weight is 247 g/mol. The summed E-state index contributed by atoms with van der Waals surface area (Å²) < 4.78 is 0. The van der Waals surface area contributed by atoms with Gasteiger partial charge in [-0.15, -0.1) is 0 Å². The molecule has 1 fully saturated rings. The molecule has 6 heteroatoms. The van der Waals surface area contributed by atoms with Crippen molar-refractivity contribution < 1.29 is 4.79 Å². The van der Waals surface area contributed by atoms with Crippen LogP contribution >= 0.6 is 0 Å². The van der Waals surface area contributed by atoms with Gasteiger partial charge in [0.2, 0.25) is 5.91 Å². The summed E-state index contributed by atoms with van der Waals surface area (Å²) in [6.45, 7) is 1.75. The Morgan fingerprint density at radius 2 is 2.22 bits per heavy atom. The number of pyridine rings is 1. The lowest BCUT2D eigenvalue weighted by molar-refractivity contribution is -0.125. The molecule has 4 N–H and O–H groups in total. The minimum atomic E-state index is -0.0737. The fourth-order valence-corrected chi connectivity index (χ4v) is 1.86. The Morgan fingerprint density at radius 1 is 1.44 bits per heavy atom. The Balaban J connectivity index is 1.91. The van der Waals surface area contributed by atoms with Crippen molar-refractivity contribution in [2.45, 2.75) is 12.8 Å². The van der Waals surface area contributed by atoms with Crippen molar-refractivity contribution >= 4 is 11.7 Å². The lowest BCUT2D eigenvalue weighted by Gasteiger charge is -2.20. The van der Waals surface area contributed by atoms with E-state index in [1.807, 2.05) is 6.07 Å². The Bertz CT molecular complexity index is 425. The molecule has 1 amide bonds. The normalized spacial score (nSPS) is 17.4. The zero-order chi connectivity index (χ0) is 12.8. The first-order chi connectivity index (χ1) is 8.77. The second-order valence-corrected chi connectivity index (χ2v) is 4.21. The first-order valence-electron chi connectivity index (χ1n) is 6.02. The van der Waals surface area contributed by atoms with E-state index in [0.717, 1.165) is 25.9 Å². The average Bonchev–Trinajstić information content (AvgIpc) is 2.46. The van der Waals surface area contributed by atoms with Crippen LogP contribution in [0.3, 0.4) is 0 Å². The van der Waals surface area contributed by atoms with Gasteiger partial charge in [-0.05, 0) is 38.1 Å². The molecule has 0 aliphatic carbocycles. The van der Waals surface area contributed by atoms with Crippen LogP contribution in [0.25, 0.3) is 0 Å². The van der Waals surface area contributed by atoms with Crippen molar-refractivity contribution in [3.63, 3.8) is 0 Å². The van der Waals surface area contributed by atoms with E-state index >= 15 is 0 Å². The van der Waals surface area contributed by atoms with E-state index in [1.54, 1.807) is 18.3 Å². The van der Waals surface area contributed by atoms with Gasteiger partial charge in [-0.3, -0.25) is 9.78 Å². The van der Waals surface area contributed by atoms with E-state index in [9.17, 15) is 4.79 Å². The van der Waals surface area contributed by atoms with Crippen molar-refractivity contribution in [3.8, 4) is 0 Å². The summed E-state index contributed by atoms with van der Waals surface area (Å²) in [5.74, 6) is 0.166. The van der Waals surface area contributed by atoms with Gasteiger partial charge in [-0.2, -0.15) is 5.10 Å². The number of aromatic nitrogens is 1. The SMILES string of the molecule is N/C(=N\NC(=O)C1CCNCC1)c1ccccn1. The lowest BCUT2D eigenvalue weighted by Crippen LogP contribution is -2.37. The molecule has 0 saturated carbocycles. The minimum absolute atomic E-state index is 0.0199. The number of amides is 1. The highest BCUT2D eigenvalue weighted by molar-refractivity contribution is 5.96. The van der Waals surface area contributed by atoms with Crippen molar-refractivity contribution in [3.05, 3.63) is 30.1 Å². The fourth-order valence-electron chi connectivity index (χ4n) is 1.86. The Kier molecular flexibility index (Phi) is 4.25. The molecule has 1 saturated heterocycles. The smallest absolute Gasteiger partial charge is 0.243 e. The van der Waals surface area contributed by atoms with Gasteiger partial charge in [0, 0.05) is 12.1 Å². The molecule has 0 atom stereocenters. The minimum Gasteiger partial charge on any atom is -0.380 e. The molecule has 6 nitrogen and oxygen atoms in total. The maximum Gasteiger partial charge on any atom is 0.243 e. The van der Waals surface area contributed by atoms with Gasteiger partial charge in [-0.1, -0.05) is 6.07 Å². The molecule has 1 aliphatic rings. The number of nitrogens with one attached hydrogen (secondary N) is 2. The number of carbonyl (C=O) groups excluding carboxylic acids is 1. The first kappa shape index (κ1) is 12.5. The van der Waals surface area contributed by atoms with Crippen molar-refractivity contribution in [1.82, 2.24) is 15.7 Å². The van der Waals surface area contributed by atoms with Gasteiger partial charge in [0.15, 0.2) is 5.84 Å². The molecule has 2 heterocycles. The number of amidine groups is 1. The molecule has 0 unspecified atom stereocenters. The zero-order valence-electron chi connectivity index (χ0n) is 10.1. The summed E-state index contributed by atoms with van der Waals surface area (Å²) in [5.41, 5.74) is 8.80. The Morgan fingerprint density at radius 3 is 2.89 bits per heavy atom. The van der Waals surface area contributed by atoms with E-state index in [2.05, 4.69) is 20.8 Å². The van der Waals surface area contributed by atoms with Gasteiger partial charge in [0.05, 0.1) is 0 Å². The quantitative estimate of drug-likeness (QED) is 0.392. The molecule has 0 bridgehead atoms. The van der Waals surface area contributed by atoms with Crippen LogP contribution in [-0.4, -0.2) is 29.8 Å². The number of nitrogens with two attached hydrogens (primary N) is 1. The van der Waals surface area contributed by atoms with Crippen LogP contribution in [0.2, 0.25) is 0 Å². The van der Waals surface area contributed by atoms with Crippen LogP contribution in [0.4, 0.5) is 0 Å². The van der Waals surface area contributed by atoms with Gasteiger partial charge >= 0.3 is 0 Å². The maximum atomic E-state index is 11.8. The number of hydrazone groups is 1. The highest BCUT2D eigenvalue weighted by atomic mass is 16.2. The summed E-state index contributed by atoms with van der Waals surface area (Å²) in [6, 6.07) is 5.36. The molecule has 96 valence electrons. The van der Waals surface area contributed by atoms with Crippen LogP contribution in [0.15, 0.2) is 29.5 Å². The Labute approximate surface area is 106 Å². The van der Waals surface area contributed by atoms with Gasteiger partial charge in [0.1, 0.15) is 5.69 Å². The molecule has 1 aliphatic heterocycles. The standard InChI is InChI=1S/C12H17N5O/c13-11(10-3-1-2-6-15-10)16-17-12(18)9-4-7-14-8-5-9/h1-3,6,9,14H,4-5,7-8H2,(H2,13,16)(H,17,18). The second-order valence-electron chi connectivity index (χ2n) is 4.21. The monoisotopic (exact) mass is 247 g/mol. The molecular weight excluding hydrogens is 230 g/mol. The van der Waals surface area contributed by atoms with Crippen LogP contribution in [-0.2, 0) is 4.79 Å². The number of carbonyl (C=O) groups is 1. The zero-order valence-corrected chi connectivity index (χ0v) is 10.1. The third-order valence-corrected chi connectivity index (χ3v) is 2.92. The Hall–Kier alpha value is -1.95. The number of rotatable bonds is 3. The van der Waals surface area contributed by atoms with Crippen molar-refractivity contribution in [2.24, 2.45) is 16.8 Å².